The van der Waals surface area contributed by atoms with Crippen LogP contribution in [0.5, 0.6) is 0 Å². The van der Waals surface area contributed by atoms with E-state index >= 15 is 0 Å². The summed E-state index contributed by atoms with van der Waals surface area (Å²) < 4.78 is 5.58. The molecule has 1 aromatic heterocycles. The number of amides is 2. The number of urea groups is 1. The number of pyridine rings is 1. The van der Waals surface area contributed by atoms with Gasteiger partial charge in [0, 0.05) is 24.0 Å². The molecule has 126 valence electrons. The Bertz CT molecular complexity index is 703. The van der Waals surface area contributed by atoms with Crippen molar-refractivity contribution in [2.24, 2.45) is 5.92 Å². The average Bonchev–Trinajstić information content (AvgIpc) is 2.99. The largest absolute Gasteiger partial charge is 0.379 e. The standard InChI is InChI=1S/C19H23N3O2/c1-13-3-4-14(2)17(9-13)21-19(23)22-18-12-24-11-16(18)10-15-5-7-20-8-6-15/h3-9,16,18H,10-12H2,1-2H3,(H2,21,22,23)/t16-,18-/m1/s1. The maximum Gasteiger partial charge on any atom is 0.319 e. The monoisotopic (exact) mass is 325 g/mol. The van der Waals surface area contributed by atoms with Gasteiger partial charge in [0.05, 0.1) is 19.3 Å². The molecule has 2 aromatic rings. The maximum absolute atomic E-state index is 12.3. The average molecular weight is 325 g/mol. The molecule has 2 amide bonds. The van der Waals surface area contributed by atoms with Crippen molar-refractivity contribution in [3.63, 3.8) is 0 Å². The Balaban J connectivity index is 1.60. The van der Waals surface area contributed by atoms with E-state index in [2.05, 4.69) is 15.6 Å². The molecule has 0 bridgehead atoms. The van der Waals surface area contributed by atoms with Crippen LogP contribution in [-0.2, 0) is 11.2 Å². The number of rotatable bonds is 4. The van der Waals surface area contributed by atoms with Crippen molar-refractivity contribution in [1.82, 2.24) is 10.3 Å². The first-order chi connectivity index (χ1) is 11.6. The van der Waals surface area contributed by atoms with Crippen molar-refractivity contribution in [3.8, 4) is 0 Å². The molecular formula is C19H23N3O2. The lowest BCUT2D eigenvalue weighted by Crippen LogP contribution is -2.42. The van der Waals surface area contributed by atoms with E-state index in [-0.39, 0.29) is 18.0 Å². The third kappa shape index (κ3) is 4.11. The third-order valence-corrected chi connectivity index (χ3v) is 4.40. The van der Waals surface area contributed by atoms with Gasteiger partial charge in [-0.2, -0.15) is 0 Å². The number of nitrogens with zero attached hydrogens (tertiary/aromatic N) is 1. The number of hydrogen-bond donors (Lipinski definition) is 2. The fraction of sp³-hybridized carbons (Fsp3) is 0.368. The Morgan fingerprint density at radius 1 is 1.21 bits per heavy atom. The zero-order valence-electron chi connectivity index (χ0n) is 14.1. The summed E-state index contributed by atoms with van der Waals surface area (Å²) in [6.45, 7) is 5.21. The molecule has 2 atom stereocenters. The Morgan fingerprint density at radius 2 is 2.00 bits per heavy atom. The van der Waals surface area contributed by atoms with Crippen molar-refractivity contribution < 1.29 is 9.53 Å². The highest BCUT2D eigenvalue weighted by Crippen LogP contribution is 2.20. The quantitative estimate of drug-likeness (QED) is 0.908. The summed E-state index contributed by atoms with van der Waals surface area (Å²) in [5, 5.41) is 6.00. The first-order valence-electron chi connectivity index (χ1n) is 8.23. The zero-order chi connectivity index (χ0) is 16.9. The Hall–Kier alpha value is -2.40. The highest BCUT2D eigenvalue weighted by atomic mass is 16.5. The van der Waals surface area contributed by atoms with E-state index in [1.54, 1.807) is 12.4 Å². The van der Waals surface area contributed by atoms with E-state index in [9.17, 15) is 4.79 Å². The Labute approximate surface area is 142 Å². The number of nitrogens with one attached hydrogen (secondary N) is 2. The van der Waals surface area contributed by atoms with E-state index < -0.39 is 0 Å². The summed E-state index contributed by atoms with van der Waals surface area (Å²) in [7, 11) is 0. The molecule has 0 saturated carbocycles. The van der Waals surface area contributed by atoms with Crippen LogP contribution in [0.15, 0.2) is 42.7 Å². The molecule has 1 aliphatic rings. The first-order valence-corrected chi connectivity index (χ1v) is 8.23. The van der Waals surface area contributed by atoms with E-state index in [0.717, 1.165) is 23.2 Å². The predicted molar refractivity (Wildman–Crippen MR) is 94.1 cm³/mol. The van der Waals surface area contributed by atoms with Crippen molar-refractivity contribution in [2.45, 2.75) is 26.3 Å². The second-order valence-electron chi connectivity index (χ2n) is 6.38. The van der Waals surface area contributed by atoms with Crippen molar-refractivity contribution in [1.29, 1.82) is 0 Å². The fourth-order valence-corrected chi connectivity index (χ4v) is 2.98. The number of benzene rings is 1. The number of carbonyl (C=O) groups is 1. The van der Waals surface area contributed by atoms with Crippen LogP contribution in [0.2, 0.25) is 0 Å². The molecule has 0 radical (unpaired) electrons. The summed E-state index contributed by atoms with van der Waals surface area (Å²) in [6.07, 6.45) is 4.46. The normalized spacial score (nSPS) is 19.9. The van der Waals surface area contributed by atoms with Crippen LogP contribution in [0.3, 0.4) is 0 Å². The van der Waals surface area contributed by atoms with Gasteiger partial charge in [-0.1, -0.05) is 12.1 Å². The number of hydrogen-bond acceptors (Lipinski definition) is 3. The minimum Gasteiger partial charge on any atom is -0.379 e. The summed E-state index contributed by atoms with van der Waals surface area (Å²) in [6, 6.07) is 9.87. The molecule has 1 aromatic carbocycles. The van der Waals surface area contributed by atoms with Crippen molar-refractivity contribution in [2.75, 3.05) is 18.5 Å². The summed E-state index contributed by atoms with van der Waals surface area (Å²) in [5.41, 5.74) is 4.22. The smallest absolute Gasteiger partial charge is 0.319 e. The van der Waals surface area contributed by atoms with Gasteiger partial charge in [0.1, 0.15) is 0 Å². The molecule has 1 saturated heterocycles. The van der Waals surface area contributed by atoms with Gasteiger partial charge in [0.15, 0.2) is 0 Å². The molecule has 1 aliphatic heterocycles. The second-order valence-corrected chi connectivity index (χ2v) is 6.38. The number of aromatic nitrogens is 1. The summed E-state index contributed by atoms with van der Waals surface area (Å²) in [4.78, 5) is 16.4. The number of ether oxygens (including phenoxy) is 1. The minimum atomic E-state index is -0.182. The van der Waals surface area contributed by atoms with Gasteiger partial charge in [0.25, 0.3) is 0 Å². The number of carbonyl (C=O) groups excluding carboxylic acids is 1. The molecule has 1 fully saturated rings. The highest BCUT2D eigenvalue weighted by Gasteiger charge is 2.29. The molecule has 2 heterocycles. The van der Waals surface area contributed by atoms with Gasteiger partial charge in [-0.05, 0) is 55.2 Å². The summed E-state index contributed by atoms with van der Waals surface area (Å²) >= 11 is 0. The molecule has 24 heavy (non-hydrogen) atoms. The van der Waals surface area contributed by atoms with Crippen LogP contribution >= 0.6 is 0 Å². The molecule has 0 spiro atoms. The van der Waals surface area contributed by atoms with Gasteiger partial charge in [0.2, 0.25) is 0 Å². The van der Waals surface area contributed by atoms with E-state index in [1.807, 2.05) is 44.2 Å². The topological polar surface area (TPSA) is 63.2 Å². The molecule has 3 rings (SSSR count). The van der Waals surface area contributed by atoms with Crippen LogP contribution in [0, 0.1) is 19.8 Å². The van der Waals surface area contributed by atoms with E-state index in [4.69, 9.17) is 4.74 Å². The molecule has 0 aliphatic carbocycles. The second kappa shape index (κ2) is 7.45. The third-order valence-electron chi connectivity index (χ3n) is 4.40. The van der Waals surface area contributed by atoms with Gasteiger partial charge in [-0.15, -0.1) is 0 Å². The molecule has 2 N–H and O–H groups in total. The van der Waals surface area contributed by atoms with Crippen molar-refractivity contribution >= 4 is 11.7 Å². The molecular weight excluding hydrogens is 302 g/mol. The zero-order valence-corrected chi connectivity index (χ0v) is 14.1. The summed E-state index contributed by atoms with van der Waals surface area (Å²) in [5.74, 6) is 0.275. The van der Waals surface area contributed by atoms with Gasteiger partial charge < -0.3 is 15.4 Å². The highest BCUT2D eigenvalue weighted by molar-refractivity contribution is 5.90. The fourth-order valence-electron chi connectivity index (χ4n) is 2.98. The molecule has 5 nitrogen and oxygen atoms in total. The van der Waals surface area contributed by atoms with Gasteiger partial charge >= 0.3 is 6.03 Å². The first kappa shape index (κ1) is 16.5. The molecule has 5 heteroatoms. The van der Waals surface area contributed by atoms with Crippen LogP contribution in [0.4, 0.5) is 10.5 Å². The maximum atomic E-state index is 12.3. The lowest BCUT2D eigenvalue weighted by molar-refractivity contribution is 0.182. The minimum absolute atomic E-state index is 0.0169. The lowest BCUT2D eigenvalue weighted by Gasteiger charge is -2.20. The SMILES string of the molecule is Cc1ccc(C)c(NC(=O)N[C@@H]2COC[C@H]2Cc2ccncc2)c1. The van der Waals surface area contributed by atoms with Crippen LogP contribution in [0.1, 0.15) is 16.7 Å². The van der Waals surface area contributed by atoms with Crippen LogP contribution in [0.25, 0.3) is 0 Å². The lowest BCUT2D eigenvalue weighted by atomic mass is 9.95. The van der Waals surface area contributed by atoms with Crippen molar-refractivity contribution in [3.05, 3.63) is 59.4 Å². The number of aryl methyl sites for hydroxylation is 2. The van der Waals surface area contributed by atoms with Gasteiger partial charge in [-0.3, -0.25) is 4.98 Å². The molecule has 0 unspecified atom stereocenters. The van der Waals surface area contributed by atoms with Crippen LogP contribution < -0.4 is 10.6 Å². The van der Waals surface area contributed by atoms with E-state index in [0.29, 0.717) is 13.2 Å². The van der Waals surface area contributed by atoms with Gasteiger partial charge in [-0.25, -0.2) is 4.79 Å². The Kier molecular flexibility index (Phi) is 5.11. The predicted octanol–water partition coefficient (Wildman–Crippen LogP) is 3.08. The van der Waals surface area contributed by atoms with E-state index in [1.165, 1.54) is 5.56 Å². The van der Waals surface area contributed by atoms with Crippen LogP contribution in [-0.4, -0.2) is 30.3 Å². The number of anilines is 1. The Morgan fingerprint density at radius 3 is 2.79 bits per heavy atom.